The van der Waals surface area contributed by atoms with Gasteiger partial charge in [0, 0.05) is 36.6 Å². The molecule has 3 aromatic rings. The van der Waals surface area contributed by atoms with E-state index in [4.69, 9.17) is 9.47 Å². The van der Waals surface area contributed by atoms with E-state index in [0.717, 1.165) is 36.5 Å². The number of ether oxygens (including phenoxy) is 2. The summed E-state index contributed by atoms with van der Waals surface area (Å²) < 4.78 is 15.7. The minimum absolute atomic E-state index is 0.0926. The molecule has 0 spiro atoms. The molecular weight excluding hydrogens is 424 g/mol. The number of carbonyl (C=O) groups is 1. The van der Waals surface area contributed by atoms with Crippen molar-refractivity contribution >= 4 is 17.4 Å². The van der Waals surface area contributed by atoms with Crippen LogP contribution in [0.3, 0.4) is 0 Å². The van der Waals surface area contributed by atoms with Crippen molar-refractivity contribution in [2.24, 2.45) is 0 Å². The highest BCUT2D eigenvalue weighted by molar-refractivity contribution is 7.07. The number of carbonyl (C=O) groups excluding carboxylic acids is 1. The summed E-state index contributed by atoms with van der Waals surface area (Å²) >= 11 is 1.20. The van der Waals surface area contributed by atoms with Crippen molar-refractivity contribution in [2.75, 3.05) is 33.3 Å². The van der Waals surface area contributed by atoms with E-state index in [9.17, 15) is 4.79 Å². The molecule has 168 valence electrons. The van der Waals surface area contributed by atoms with Crippen LogP contribution in [-0.4, -0.2) is 53.5 Å². The molecule has 32 heavy (non-hydrogen) atoms. The smallest absolute Gasteiger partial charge is 0.298 e. The SMILES string of the molecule is COc1cccc(Cc2nsc(Oc3cc(C(=O)NCCN4CCCC4)ccc3C)n2)c1. The Morgan fingerprint density at radius 3 is 2.84 bits per heavy atom. The Morgan fingerprint density at radius 2 is 2.03 bits per heavy atom. The van der Waals surface area contributed by atoms with Crippen LogP contribution in [-0.2, 0) is 6.42 Å². The summed E-state index contributed by atoms with van der Waals surface area (Å²) in [5.41, 5.74) is 2.58. The molecule has 1 amide bonds. The molecule has 1 fully saturated rings. The molecule has 0 atom stereocenters. The molecule has 0 aliphatic carbocycles. The van der Waals surface area contributed by atoms with Crippen molar-refractivity contribution in [3.05, 3.63) is 65.0 Å². The van der Waals surface area contributed by atoms with Gasteiger partial charge >= 0.3 is 0 Å². The lowest BCUT2D eigenvalue weighted by Gasteiger charge is -2.15. The minimum Gasteiger partial charge on any atom is -0.497 e. The largest absolute Gasteiger partial charge is 0.497 e. The first-order chi connectivity index (χ1) is 15.6. The fourth-order valence-electron chi connectivity index (χ4n) is 3.70. The van der Waals surface area contributed by atoms with E-state index in [1.54, 1.807) is 13.2 Å². The number of aromatic nitrogens is 2. The predicted octanol–water partition coefficient (Wildman–Crippen LogP) is 4.06. The maximum absolute atomic E-state index is 12.6. The third-order valence-electron chi connectivity index (χ3n) is 5.51. The minimum atomic E-state index is -0.0926. The maximum Gasteiger partial charge on any atom is 0.298 e. The second kappa shape index (κ2) is 10.6. The number of rotatable bonds is 9. The van der Waals surface area contributed by atoms with Gasteiger partial charge in [0.25, 0.3) is 11.1 Å². The Morgan fingerprint density at radius 1 is 1.19 bits per heavy atom. The number of amides is 1. The third kappa shape index (κ3) is 5.83. The van der Waals surface area contributed by atoms with Gasteiger partial charge in [-0.15, -0.1) is 0 Å². The second-order valence-electron chi connectivity index (χ2n) is 7.89. The van der Waals surface area contributed by atoms with Gasteiger partial charge in [0.2, 0.25) is 0 Å². The molecular formula is C24H28N4O3S. The van der Waals surface area contributed by atoms with Crippen LogP contribution in [0.5, 0.6) is 16.7 Å². The van der Waals surface area contributed by atoms with Gasteiger partial charge in [-0.05, 0) is 68.2 Å². The zero-order chi connectivity index (χ0) is 22.3. The lowest BCUT2D eigenvalue weighted by atomic mass is 10.1. The van der Waals surface area contributed by atoms with Crippen LogP contribution in [0.15, 0.2) is 42.5 Å². The van der Waals surface area contributed by atoms with Crippen LogP contribution >= 0.6 is 11.5 Å². The van der Waals surface area contributed by atoms with Crippen molar-refractivity contribution in [2.45, 2.75) is 26.2 Å². The zero-order valence-corrected chi connectivity index (χ0v) is 19.3. The molecule has 1 saturated heterocycles. The van der Waals surface area contributed by atoms with Crippen molar-refractivity contribution in [1.29, 1.82) is 0 Å². The van der Waals surface area contributed by atoms with E-state index in [0.29, 0.717) is 35.3 Å². The highest BCUT2D eigenvalue weighted by atomic mass is 32.1. The molecule has 0 radical (unpaired) electrons. The van der Waals surface area contributed by atoms with Gasteiger partial charge in [-0.1, -0.05) is 18.2 Å². The van der Waals surface area contributed by atoms with Crippen molar-refractivity contribution in [1.82, 2.24) is 19.6 Å². The van der Waals surface area contributed by atoms with Crippen LogP contribution in [0.25, 0.3) is 0 Å². The maximum atomic E-state index is 12.6. The number of hydrogen-bond acceptors (Lipinski definition) is 7. The molecule has 0 saturated carbocycles. The fraction of sp³-hybridized carbons (Fsp3) is 0.375. The van der Waals surface area contributed by atoms with Crippen LogP contribution in [0, 0.1) is 6.92 Å². The first-order valence-corrected chi connectivity index (χ1v) is 11.6. The molecule has 1 aliphatic heterocycles. The summed E-state index contributed by atoms with van der Waals surface area (Å²) in [4.78, 5) is 19.5. The average molecular weight is 453 g/mol. The molecule has 7 nitrogen and oxygen atoms in total. The summed E-state index contributed by atoms with van der Waals surface area (Å²) in [5.74, 6) is 2.01. The van der Waals surface area contributed by atoms with Gasteiger partial charge in [-0.2, -0.15) is 9.36 Å². The number of methoxy groups -OCH3 is 1. The highest BCUT2D eigenvalue weighted by Crippen LogP contribution is 2.28. The Balaban J connectivity index is 1.37. The zero-order valence-electron chi connectivity index (χ0n) is 18.5. The first-order valence-electron chi connectivity index (χ1n) is 10.9. The summed E-state index contributed by atoms with van der Waals surface area (Å²) in [6.45, 7) is 5.73. The number of benzene rings is 2. The molecule has 1 N–H and O–H groups in total. The normalized spacial score (nSPS) is 13.8. The average Bonchev–Trinajstić information content (AvgIpc) is 3.47. The number of aryl methyl sites for hydroxylation is 1. The second-order valence-corrected chi connectivity index (χ2v) is 8.61. The summed E-state index contributed by atoms with van der Waals surface area (Å²) in [6.07, 6.45) is 3.09. The number of nitrogens with zero attached hydrogens (tertiary/aromatic N) is 3. The Labute approximate surface area is 192 Å². The molecule has 8 heteroatoms. The number of nitrogens with one attached hydrogen (secondary N) is 1. The van der Waals surface area contributed by atoms with Crippen molar-refractivity contribution < 1.29 is 14.3 Å². The van der Waals surface area contributed by atoms with Gasteiger partial charge in [0.05, 0.1) is 7.11 Å². The van der Waals surface area contributed by atoms with Crippen LogP contribution in [0.1, 0.15) is 40.2 Å². The van der Waals surface area contributed by atoms with Crippen LogP contribution in [0.2, 0.25) is 0 Å². The lowest BCUT2D eigenvalue weighted by Crippen LogP contribution is -2.33. The highest BCUT2D eigenvalue weighted by Gasteiger charge is 2.14. The van der Waals surface area contributed by atoms with Gasteiger partial charge in [-0.25, -0.2) is 0 Å². The molecule has 0 bridgehead atoms. The molecule has 4 rings (SSSR count). The Hall–Kier alpha value is -2.97. The van der Waals surface area contributed by atoms with E-state index in [-0.39, 0.29) is 5.91 Å². The first kappa shape index (κ1) is 22.2. The van der Waals surface area contributed by atoms with Gasteiger partial charge in [0.1, 0.15) is 11.5 Å². The molecule has 1 aromatic heterocycles. The molecule has 2 heterocycles. The quantitative estimate of drug-likeness (QED) is 0.528. The third-order valence-corrected chi connectivity index (χ3v) is 6.14. The summed E-state index contributed by atoms with van der Waals surface area (Å²) in [5, 5.41) is 3.46. The standard InChI is InChI=1S/C24H28N4O3S/c1-17-8-9-19(23(29)25-10-13-28-11-3-4-12-28)16-21(17)31-24-26-22(27-32-24)15-18-6-5-7-20(14-18)30-2/h5-9,14,16H,3-4,10-13,15H2,1-2H3,(H,25,29). The predicted molar refractivity (Wildman–Crippen MR) is 125 cm³/mol. The monoisotopic (exact) mass is 452 g/mol. The van der Waals surface area contributed by atoms with Gasteiger partial charge in [0.15, 0.2) is 5.82 Å². The number of hydrogen-bond donors (Lipinski definition) is 1. The lowest BCUT2D eigenvalue weighted by molar-refractivity contribution is 0.0949. The van der Waals surface area contributed by atoms with Crippen LogP contribution < -0.4 is 14.8 Å². The van der Waals surface area contributed by atoms with E-state index in [1.807, 2.05) is 43.3 Å². The Bertz CT molecular complexity index is 1060. The van der Waals surface area contributed by atoms with Crippen molar-refractivity contribution in [3.8, 4) is 16.7 Å². The topological polar surface area (TPSA) is 76.6 Å². The molecule has 1 aliphatic rings. The van der Waals surface area contributed by atoms with Gasteiger partial charge < -0.3 is 19.7 Å². The number of likely N-dealkylation sites (tertiary alicyclic amines) is 1. The van der Waals surface area contributed by atoms with Crippen LogP contribution in [0.4, 0.5) is 0 Å². The fourth-order valence-corrected chi connectivity index (χ4v) is 4.26. The summed E-state index contributed by atoms with van der Waals surface area (Å²) in [7, 11) is 1.65. The van der Waals surface area contributed by atoms with Crippen molar-refractivity contribution in [3.63, 3.8) is 0 Å². The summed E-state index contributed by atoms with van der Waals surface area (Å²) in [6, 6.07) is 13.3. The van der Waals surface area contributed by atoms with E-state index < -0.39 is 0 Å². The molecule has 0 unspecified atom stereocenters. The van der Waals surface area contributed by atoms with Gasteiger partial charge in [-0.3, -0.25) is 4.79 Å². The van der Waals surface area contributed by atoms with E-state index >= 15 is 0 Å². The van der Waals surface area contributed by atoms with E-state index in [2.05, 4.69) is 19.6 Å². The molecule has 2 aromatic carbocycles. The Kier molecular flexibility index (Phi) is 7.34. The van der Waals surface area contributed by atoms with E-state index in [1.165, 1.54) is 24.4 Å².